The second kappa shape index (κ2) is 18.0. The fraction of sp³-hybridized carbons (Fsp3) is 0.520. The largest absolute Gasteiger partial charge is 0.760 e. The first-order valence-corrected chi connectivity index (χ1v) is 13.4. The van der Waals surface area contributed by atoms with E-state index in [1.165, 1.54) is 4.90 Å². The Labute approximate surface area is 241 Å². The van der Waals surface area contributed by atoms with Crippen LogP contribution in [0.1, 0.15) is 26.3 Å². The highest BCUT2D eigenvalue weighted by atomic mass is 32.2. The molecule has 1 unspecified atom stereocenters. The summed E-state index contributed by atoms with van der Waals surface area (Å²) in [6.07, 6.45) is 0.473. The SMILES string of the molecule is C=N/C(=C\N)C(=O)Nc1cccc(CN(C)C(=O)OC(C)(C)C)c1OCCOCCOCCN(CC(=O)O)S(=O)[O-]. The minimum Gasteiger partial charge on any atom is -0.760 e. The van der Waals surface area contributed by atoms with Gasteiger partial charge in [0.25, 0.3) is 5.91 Å². The van der Waals surface area contributed by atoms with Crippen LogP contribution < -0.4 is 15.8 Å². The molecule has 16 heteroatoms. The predicted molar refractivity (Wildman–Crippen MR) is 150 cm³/mol. The Kier molecular flexibility index (Phi) is 15.6. The van der Waals surface area contributed by atoms with Gasteiger partial charge in [-0.2, -0.15) is 0 Å². The van der Waals surface area contributed by atoms with Crippen LogP contribution in [0.15, 0.2) is 35.1 Å². The van der Waals surface area contributed by atoms with E-state index in [4.69, 9.17) is 29.8 Å². The van der Waals surface area contributed by atoms with Crippen LogP contribution in [-0.4, -0.2) is 107 Å². The zero-order valence-corrected chi connectivity index (χ0v) is 24.4. The summed E-state index contributed by atoms with van der Waals surface area (Å²) < 4.78 is 44.9. The number of carbonyl (C=O) groups excluding carboxylic acids is 2. The lowest BCUT2D eigenvalue weighted by Crippen LogP contribution is -2.34. The van der Waals surface area contributed by atoms with Crippen molar-refractivity contribution < 1.29 is 47.2 Å². The average Bonchev–Trinajstić information content (AvgIpc) is 2.87. The van der Waals surface area contributed by atoms with E-state index in [0.717, 1.165) is 10.5 Å². The molecule has 1 atom stereocenters. The standard InChI is InChI=1S/C25H39N5O10S/c1-25(2,3)40-24(34)29(5)16-18-7-6-8-19(28-23(33)20(15-26)27-4)22(18)39-14-13-38-12-11-37-10-9-30(41(35)36)17-21(31)32/h6-8,15H,4,9-14,16-17,26H2,1-3,5H3,(H,28,33)(H,31,32)(H,35,36)/p-1/b20-15-. The maximum absolute atomic E-state index is 12.5. The van der Waals surface area contributed by atoms with Crippen molar-refractivity contribution in [3.63, 3.8) is 0 Å². The summed E-state index contributed by atoms with van der Waals surface area (Å²) in [4.78, 5) is 40.6. The topological polar surface area (TPSA) is 205 Å². The summed E-state index contributed by atoms with van der Waals surface area (Å²) in [5, 5.41) is 11.4. The zero-order chi connectivity index (χ0) is 31.0. The number of benzene rings is 1. The molecule has 0 bridgehead atoms. The summed E-state index contributed by atoms with van der Waals surface area (Å²) in [7, 11) is 1.57. The monoisotopic (exact) mass is 600 g/mol. The number of hydrogen-bond acceptors (Lipinski definition) is 11. The van der Waals surface area contributed by atoms with Gasteiger partial charge in [-0.15, -0.1) is 0 Å². The van der Waals surface area contributed by atoms with Crippen LogP contribution in [-0.2, 0) is 41.6 Å². The first-order valence-electron chi connectivity index (χ1n) is 12.4. The number of carbonyl (C=O) groups is 3. The van der Waals surface area contributed by atoms with Gasteiger partial charge in [-0.05, 0) is 33.6 Å². The molecule has 0 radical (unpaired) electrons. The average molecular weight is 601 g/mol. The van der Waals surface area contributed by atoms with Gasteiger partial charge in [0.1, 0.15) is 30.2 Å². The number of nitrogens with one attached hydrogen (secondary N) is 1. The number of amides is 2. The second-order valence-electron chi connectivity index (χ2n) is 9.34. The van der Waals surface area contributed by atoms with Crippen LogP contribution in [0.25, 0.3) is 0 Å². The highest BCUT2D eigenvalue weighted by Gasteiger charge is 2.22. The molecular weight excluding hydrogens is 562 g/mol. The van der Waals surface area contributed by atoms with Crippen molar-refractivity contribution in [3.05, 3.63) is 35.7 Å². The Morgan fingerprint density at radius 2 is 1.80 bits per heavy atom. The lowest BCUT2D eigenvalue weighted by Gasteiger charge is -2.25. The number of aliphatic carboxylic acids is 1. The third kappa shape index (κ3) is 14.1. The number of carboxylic acid groups (broad SMARTS) is 1. The molecule has 41 heavy (non-hydrogen) atoms. The number of ether oxygens (including phenoxy) is 4. The molecule has 4 N–H and O–H groups in total. The number of anilines is 1. The Morgan fingerprint density at radius 3 is 2.37 bits per heavy atom. The molecule has 0 aliphatic rings. The number of nitrogens with two attached hydrogens (primary N) is 1. The summed E-state index contributed by atoms with van der Waals surface area (Å²) in [5.41, 5.74) is 5.53. The van der Waals surface area contributed by atoms with Crippen molar-refractivity contribution in [2.75, 3.05) is 58.5 Å². The van der Waals surface area contributed by atoms with Crippen LogP contribution in [0.3, 0.4) is 0 Å². The minimum absolute atomic E-state index is 0.0124. The van der Waals surface area contributed by atoms with E-state index >= 15 is 0 Å². The fourth-order valence-corrected chi connectivity index (χ4v) is 3.51. The summed E-state index contributed by atoms with van der Waals surface area (Å²) in [6.45, 7) is 8.40. The van der Waals surface area contributed by atoms with Gasteiger partial charge in [0.05, 0.1) is 38.7 Å². The van der Waals surface area contributed by atoms with E-state index in [2.05, 4.69) is 17.0 Å². The number of aliphatic imine (C=N–C) groups is 1. The first kappa shape index (κ1) is 35.5. The van der Waals surface area contributed by atoms with E-state index in [1.807, 2.05) is 0 Å². The molecule has 0 saturated carbocycles. The minimum atomic E-state index is -2.67. The third-order valence-electron chi connectivity index (χ3n) is 4.87. The van der Waals surface area contributed by atoms with E-state index in [0.29, 0.717) is 17.0 Å². The van der Waals surface area contributed by atoms with Gasteiger partial charge >= 0.3 is 12.1 Å². The lowest BCUT2D eigenvalue weighted by atomic mass is 10.1. The maximum atomic E-state index is 12.5. The molecule has 0 fully saturated rings. The van der Waals surface area contributed by atoms with Gasteiger partial charge in [-0.3, -0.25) is 18.8 Å². The van der Waals surface area contributed by atoms with Gasteiger partial charge in [0.2, 0.25) is 0 Å². The number of nitrogens with zero attached hydrogens (tertiary/aromatic N) is 3. The molecule has 15 nitrogen and oxygen atoms in total. The lowest BCUT2D eigenvalue weighted by molar-refractivity contribution is -0.137. The van der Waals surface area contributed by atoms with Gasteiger partial charge < -0.3 is 44.6 Å². The summed E-state index contributed by atoms with van der Waals surface area (Å²) in [6, 6.07) is 5.02. The van der Waals surface area contributed by atoms with E-state index in [9.17, 15) is 23.1 Å². The molecule has 0 spiro atoms. The van der Waals surface area contributed by atoms with Crippen LogP contribution in [0, 0.1) is 0 Å². The molecule has 1 rings (SSSR count). The molecule has 230 valence electrons. The van der Waals surface area contributed by atoms with Crippen molar-refractivity contribution in [2.24, 2.45) is 10.7 Å². The molecular formula is C25H38N5O10S-. The third-order valence-corrected chi connectivity index (χ3v) is 5.61. The van der Waals surface area contributed by atoms with E-state index in [1.54, 1.807) is 46.0 Å². The van der Waals surface area contributed by atoms with Crippen LogP contribution in [0.5, 0.6) is 5.75 Å². The highest BCUT2D eigenvalue weighted by Crippen LogP contribution is 2.31. The van der Waals surface area contributed by atoms with E-state index in [-0.39, 0.29) is 51.8 Å². The molecule has 0 aromatic heterocycles. The molecule has 0 aliphatic heterocycles. The Morgan fingerprint density at radius 1 is 1.17 bits per heavy atom. The second-order valence-corrected chi connectivity index (χ2v) is 10.3. The maximum Gasteiger partial charge on any atom is 0.410 e. The van der Waals surface area contributed by atoms with Crippen molar-refractivity contribution in [2.45, 2.75) is 32.9 Å². The summed E-state index contributed by atoms with van der Waals surface area (Å²) >= 11 is -2.67. The van der Waals surface area contributed by atoms with Gasteiger partial charge in [-0.25, -0.2) is 9.10 Å². The Hall–Kier alpha value is -3.57. The quantitative estimate of drug-likeness (QED) is 0.0941. The molecule has 1 aromatic carbocycles. The van der Waals surface area contributed by atoms with Gasteiger partial charge in [-0.1, -0.05) is 12.1 Å². The normalized spacial score (nSPS) is 12.5. The molecule has 2 amide bonds. The smallest absolute Gasteiger partial charge is 0.410 e. The highest BCUT2D eigenvalue weighted by molar-refractivity contribution is 7.76. The van der Waals surface area contributed by atoms with Gasteiger partial charge in [0, 0.05) is 36.6 Å². The Bertz CT molecular complexity index is 1090. The first-order chi connectivity index (χ1) is 19.3. The van der Waals surface area contributed by atoms with Crippen LogP contribution in [0.4, 0.5) is 10.5 Å². The number of hydrogen-bond donors (Lipinski definition) is 3. The van der Waals surface area contributed by atoms with Gasteiger partial charge in [0.15, 0.2) is 0 Å². The molecule has 0 aliphatic carbocycles. The van der Waals surface area contributed by atoms with Crippen molar-refractivity contribution in [3.8, 4) is 5.75 Å². The zero-order valence-electron chi connectivity index (χ0n) is 23.6. The molecule has 0 heterocycles. The Balaban J connectivity index is 2.77. The predicted octanol–water partition coefficient (Wildman–Crippen LogP) is 1.09. The van der Waals surface area contributed by atoms with Crippen molar-refractivity contribution >= 4 is 41.6 Å². The molecule has 1 aromatic rings. The van der Waals surface area contributed by atoms with Crippen LogP contribution >= 0.6 is 0 Å². The number of rotatable bonds is 18. The summed E-state index contributed by atoms with van der Waals surface area (Å²) in [5.74, 6) is -1.59. The van der Waals surface area contributed by atoms with Crippen molar-refractivity contribution in [1.82, 2.24) is 9.21 Å². The number of carboxylic acids is 1. The number of para-hydroxylation sites is 1. The molecule has 0 saturated heterocycles. The van der Waals surface area contributed by atoms with Crippen molar-refractivity contribution in [1.29, 1.82) is 0 Å². The fourth-order valence-electron chi connectivity index (χ4n) is 3.07. The van der Waals surface area contributed by atoms with E-state index < -0.39 is 41.4 Å². The van der Waals surface area contributed by atoms with Crippen LogP contribution in [0.2, 0.25) is 0 Å².